The van der Waals surface area contributed by atoms with Gasteiger partial charge in [0.05, 0.1) is 16.5 Å². The fourth-order valence-corrected chi connectivity index (χ4v) is 4.99. The lowest BCUT2D eigenvalue weighted by Crippen LogP contribution is -2.31. The number of aromatic nitrogens is 1. The highest BCUT2D eigenvalue weighted by Crippen LogP contribution is 2.18. The molecule has 33 heavy (non-hydrogen) atoms. The molecule has 0 unspecified atom stereocenters. The quantitative estimate of drug-likeness (QED) is 0.348. The molecular formula is C23H23N3O5S2. The Hall–Kier alpha value is -3.26. The number of nitrogens with one attached hydrogen (secondary N) is 1. The van der Waals surface area contributed by atoms with Crippen molar-refractivity contribution in [2.45, 2.75) is 31.7 Å². The average Bonchev–Trinajstić information content (AvgIpc) is 3.42. The molecule has 2 heterocycles. The van der Waals surface area contributed by atoms with Crippen LogP contribution >= 0.6 is 11.3 Å². The molecule has 0 aliphatic heterocycles. The summed E-state index contributed by atoms with van der Waals surface area (Å²) in [7, 11) is -3.95. The van der Waals surface area contributed by atoms with Gasteiger partial charge in [0, 0.05) is 28.4 Å². The molecular weight excluding hydrogens is 462 g/mol. The first-order valence-electron chi connectivity index (χ1n) is 10.1. The van der Waals surface area contributed by atoms with Crippen LogP contribution in [0.4, 0.5) is 0 Å². The summed E-state index contributed by atoms with van der Waals surface area (Å²) in [5.74, 6) is -1.22. The molecule has 2 aromatic heterocycles. The highest BCUT2D eigenvalue weighted by Gasteiger charge is 2.19. The van der Waals surface area contributed by atoms with E-state index in [2.05, 4.69) is 15.4 Å². The summed E-state index contributed by atoms with van der Waals surface area (Å²) in [6, 6.07) is 13.0. The Balaban J connectivity index is 1.53. The number of ketones is 1. The molecule has 8 nitrogen and oxygen atoms in total. The third kappa shape index (κ3) is 6.16. The minimum absolute atomic E-state index is 0.0830. The summed E-state index contributed by atoms with van der Waals surface area (Å²) in [5, 5.41) is 10.8. The zero-order chi connectivity index (χ0) is 24.0. The molecule has 0 spiro atoms. The van der Waals surface area contributed by atoms with E-state index in [-0.39, 0.29) is 10.7 Å². The highest BCUT2D eigenvalue weighted by atomic mass is 32.2. The van der Waals surface area contributed by atoms with Crippen LogP contribution in [0.25, 0.3) is 0 Å². The van der Waals surface area contributed by atoms with Gasteiger partial charge < -0.3 is 9.30 Å². The number of carbonyl (C=O) groups is 2. The van der Waals surface area contributed by atoms with Crippen molar-refractivity contribution in [3.63, 3.8) is 0 Å². The van der Waals surface area contributed by atoms with E-state index in [1.165, 1.54) is 29.1 Å². The Kier molecular flexibility index (Phi) is 7.81. The van der Waals surface area contributed by atoms with Crippen LogP contribution in [0.2, 0.25) is 0 Å². The number of hydrogen-bond donors (Lipinski definition) is 1. The second kappa shape index (κ2) is 10.6. The summed E-state index contributed by atoms with van der Waals surface area (Å²) >= 11 is 1.69. The Morgan fingerprint density at radius 3 is 2.55 bits per heavy atom. The van der Waals surface area contributed by atoms with Gasteiger partial charge in [-0.1, -0.05) is 6.07 Å². The van der Waals surface area contributed by atoms with E-state index in [0.29, 0.717) is 11.1 Å². The fraction of sp³-hybridized carbons (Fsp3) is 0.261. The van der Waals surface area contributed by atoms with Gasteiger partial charge in [0.1, 0.15) is 6.54 Å². The number of ether oxygens (including phenoxy) is 1. The maximum absolute atomic E-state index is 12.6. The van der Waals surface area contributed by atoms with Crippen molar-refractivity contribution in [3.8, 4) is 6.07 Å². The minimum Gasteiger partial charge on any atom is -0.456 e. The standard InChI is InChI=1S/C23H23N3O5S2/c1-16-12-21(17(2)26(16)10-9-19-4-3-11-32-19)22(27)15-31-23(28)14-25-33(29,30)20-7-5-18(13-24)6-8-20/h3-8,11-12,25H,9-10,14-15H2,1-2H3. The molecule has 0 fully saturated rings. The Morgan fingerprint density at radius 2 is 1.91 bits per heavy atom. The van der Waals surface area contributed by atoms with Gasteiger partial charge in [-0.2, -0.15) is 9.98 Å². The SMILES string of the molecule is Cc1cc(C(=O)COC(=O)CNS(=O)(=O)c2ccc(C#N)cc2)c(C)n1CCc1cccs1. The molecule has 0 amide bonds. The van der Waals surface area contributed by atoms with E-state index in [1.807, 2.05) is 31.4 Å². The van der Waals surface area contributed by atoms with E-state index in [9.17, 15) is 18.0 Å². The molecule has 1 aromatic carbocycles. The van der Waals surface area contributed by atoms with Gasteiger partial charge in [-0.05, 0) is 62.0 Å². The lowest BCUT2D eigenvalue weighted by atomic mass is 10.1. The van der Waals surface area contributed by atoms with Crippen LogP contribution in [0.5, 0.6) is 0 Å². The maximum Gasteiger partial charge on any atom is 0.321 e. The van der Waals surface area contributed by atoms with Gasteiger partial charge in [-0.3, -0.25) is 9.59 Å². The van der Waals surface area contributed by atoms with Crippen molar-refractivity contribution in [2.75, 3.05) is 13.2 Å². The normalized spacial score (nSPS) is 11.2. The predicted molar refractivity (Wildman–Crippen MR) is 124 cm³/mol. The predicted octanol–water partition coefficient (Wildman–Crippen LogP) is 2.99. The topological polar surface area (TPSA) is 118 Å². The van der Waals surface area contributed by atoms with Crippen LogP contribution in [-0.2, 0) is 32.5 Å². The fourth-order valence-electron chi connectivity index (χ4n) is 3.33. The molecule has 0 atom stereocenters. The second-order valence-corrected chi connectivity index (χ2v) is 10.1. The number of carbonyl (C=O) groups excluding carboxylic acids is 2. The second-order valence-electron chi connectivity index (χ2n) is 7.31. The van der Waals surface area contributed by atoms with E-state index < -0.39 is 29.1 Å². The van der Waals surface area contributed by atoms with Crippen LogP contribution in [0.3, 0.4) is 0 Å². The number of sulfonamides is 1. The maximum atomic E-state index is 12.6. The minimum atomic E-state index is -3.95. The van der Waals surface area contributed by atoms with Crippen LogP contribution in [-0.4, -0.2) is 37.9 Å². The number of aryl methyl sites for hydroxylation is 2. The molecule has 0 saturated carbocycles. The van der Waals surface area contributed by atoms with Gasteiger partial charge in [-0.25, -0.2) is 8.42 Å². The zero-order valence-electron chi connectivity index (χ0n) is 18.2. The summed E-state index contributed by atoms with van der Waals surface area (Å²) < 4.78 is 33.7. The number of nitrogens with zero attached hydrogens (tertiary/aromatic N) is 2. The summed E-state index contributed by atoms with van der Waals surface area (Å²) in [4.78, 5) is 25.8. The molecule has 1 N–H and O–H groups in total. The molecule has 0 saturated heterocycles. The summed E-state index contributed by atoms with van der Waals surface area (Å²) in [6.45, 7) is 3.41. The number of esters is 1. The van der Waals surface area contributed by atoms with E-state index >= 15 is 0 Å². The number of nitriles is 1. The third-order valence-electron chi connectivity index (χ3n) is 5.10. The van der Waals surface area contributed by atoms with Gasteiger partial charge in [-0.15, -0.1) is 11.3 Å². The van der Waals surface area contributed by atoms with Gasteiger partial charge >= 0.3 is 5.97 Å². The Labute approximate surface area is 196 Å². The number of rotatable bonds is 10. The summed E-state index contributed by atoms with van der Waals surface area (Å²) in [5.41, 5.74) is 2.53. The largest absolute Gasteiger partial charge is 0.456 e. The lowest BCUT2D eigenvalue weighted by Gasteiger charge is -2.09. The smallest absolute Gasteiger partial charge is 0.321 e. The first kappa shape index (κ1) is 24.4. The Bertz CT molecular complexity index is 1290. The van der Waals surface area contributed by atoms with Crippen molar-refractivity contribution in [3.05, 3.63) is 75.2 Å². The molecule has 10 heteroatoms. The first-order valence-corrected chi connectivity index (χ1v) is 12.5. The molecule has 172 valence electrons. The van der Waals surface area contributed by atoms with Crippen molar-refractivity contribution in [1.82, 2.24) is 9.29 Å². The molecule has 0 radical (unpaired) electrons. The van der Waals surface area contributed by atoms with E-state index in [4.69, 9.17) is 10.00 Å². The average molecular weight is 486 g/mol. The molecule has 3 aromatic rings. The molecule has 0 aliphatic carbocycles. The summed E-state index contributed by atoms with van der Waals surface area (Å²) in [6.07, 6.45) is 0.857. The van der Waals surface area contributed by atoms with Crippen LogP contribution in [0.1, 0.15) is 32.2 Å². The number of hydrogen-bond acceptors (Lipinski definition) is 7. The third-order valence-corrected chi connectivity index (χ3v) is 7.45. The van der Waals surface area contributed by atoms with Crippen LogP contribution in [0.15, 0.2) is 52.7 Å². The van der Waals surface area contributed by atoms with Crippen LogP contribution < -0.4 is 4.72 Å². The number of benzene rings is 1. The van der Waals surface area contributed by atoms with Gasteiger partial charge in [0.2, 0.25) is 15.8 Å². The lowest BCUT2D eigenvalue weighted by molar-refractivity contribution is -0.141. The van der Waals surface area contributed by atoms with Gasteiger partial charge in [0.15, 0.2) is 6.61 Å². The van der Waals surface area contributed by atoms with Crippen LogP contribution in [0, 0.1) is 25.2 Å². The van der Waals surface area contributed by atoms with Crippen molar-refractivity contribution in [2.24, 2.45) is 0 Å². The highest BCUT2D eigenvalue weighted by molar-refractivity contribution is 7.89. The zero-order valence-corrected chi connectivity index (χ0v) is 19.8. The molecule has 0 bridgehead atoms. The molecule has 0 aliphatic rings. The van der Waals surface area contributed by atoms with Crippen molar-refractivity contribution in [1.29, 1.82) is 5.26 Å². The molecule has 3 rings (SSSR count). The van der Waals surface area contributed by atoms with Crippen molar-refractivity contribution >= 4 is 33.1 Å². The Morgan fingerprint density at radius 1 is 1.18 bits per heavy atom. The monoisotopic (exact) mass is 485 g/mol. The van der Waals surface area contributed by atoms with Gasteiger partial charge in [0.25, 0.3) is 0 Å². The number of Topliss-reactive ketones (excluding diaryl/α,β-unsaturated/α-hetero) is 1. The van der Waals surface area contributed by atoms with E-state index in [1.54, 1.807) is 17.4 Å². The first-order chi connectivity index (χ1) is 15.7. The van der Waals surface area contributed by atoms with Crippen molar-refractivity contribution < 1.29 is 22.7 Å². The number of thiophene rings is 1. The van der Waals surface area contributed by atoms with E-state index in [0.717, 1.165) is 24.4 Å².